The molecule has 8 heteroatoms. The van der Waals surface area contributed by atoms with E-state index in [0.717, 1.165) is 24.8 Å². The van der Waals surface area contributed by atoms with Crippen LogP contribution < -0.4 is 11.1 Å². The number of nitrogens with one attached hydrogen (secondary N) is 1. The summed E-state index contributed by atoms with van der Waals surface area (Å²) in [7, 11) is 1.87. The highest BCUT2D eigenvalue weighted by Gasteiger charge is 2.28. The van der Waals surface area contributed by atoms with Gasteiger partial charge >= 0.3 is 0 Å². The maximum Gasteiger partial charge on any atom is 0.224 e. The van der Waals surface area contributed by atoms with Crippen molar-refractivity contribution in [1.29, 1.82) is 0 Å². The van der Waals surface area contributed by atoms with Gasteiger partial charge in [0.05, 0.1) is 12.1 Å². The molecule has 2 atom stereocenters. The largest absolute Gasteiger partial charge is 0.355 e. The monoisotopic (exact) mass is 343 g/mol. The number of likely N-dealkylation sites (tertiary alicyclic amines) is 1. The summed E-state index contributed by atoms with van der Waals surface area (Å²) in [4.78, 5) is 25.6. The fraction of sp³-hybridized carbons (Fsp3) is 0.667. The smallest absolute Gasteiger partial charge is 0.224 e. The molecule has 130 valence electrons. The van der Waals surface area contributed by atoms with E-state index in [4.69, 9.17) is 5.73 Å². The highest BCUT2D eigenvalue weighted by molar-refractivity contribution is 5.85. The number of carbonyl (C=O) groups excluding carboxylic acids is 2. The normalized spacial score (nSPS) is 21.3. The van der Waals surface area contributed by atoms with Gasteiger partial charge < -0.3 is 16.0 Å². The number of nitrogens with two attached hydrogens (primary N) is 1. The molecule has 0 unspecified atom stereocenters. The average Bonchev–Trinajstić information content (AvgIpc) is 2.76. The molecule has 1 aliphatic heterocycles. The van der Waals surface area contributed by atoms with Crippen LogP contribution in [-0.2, 0) is 23.1 Å². The van der Waals surface area contributed by atoms with Crippen molar-refractivity contribution in [2.75, 3.05) is 19.6 Å². The molecule has 1 aliphatic rings. The van der Waals surface area contributed by atoms with Crippen LogP contribution in [0.4, 0.5) is 0 Å². The molecule has 0 aliphatic carbocycles. The Bertz CT molecular complexity index is 534. The summed E-state index contributed by atoms with van der Waals surface area (Å²) in [6.45, 7) is 3.10. The number of aromatic nitrogens is 2. The summed E-state index contributed by atoms with van der Waals surface area (Å²) in [6, 6.07) is -0.0444. The lowest BCUT2D eigenvalue weighted by Crippen LogP contribution is -2.42. The van der Waals surface area contributed by atoms with Gasteiger partial charge in [0.25, 0.3) is 0 Å². The van der Waals surface area contributed by atoms with E-state index in [1.54, 1.807) is 15.8 Å². The molecule has 7 nitrogen and oxygen atoms in total. The second kappa shape index (κ2) is 8.88. The van der Waals surface area contributed by atoms with Crippen molar-refractivity contribution in [2.24, 2.45) is 18.7 Å². The Hall–Kier alpha value is -1.60. The Morgan fingerprint density at radius 3 is 2.74 bits per heavy atom. The van der Waals surface area contributed by atoms with Gasteiger partial charge in [-0.25, -0.2) is 0 Å². The summed E-state index contributed by atoms with van der Waals surface area (Å²) < 4.78 is 1.74. The molecule has 1 aromatic rings. The number of nitrogens with zero attached hydrogens (tertiary/aromatic N) is 3. The molecule has 1 aromatic heterocycles. The van der Waals surface area contributed by atoms with Crippen LogP contribution in [0, 0.1) is 5.92 Å². The fourth-order valence-corrected chi connectivity index (χ4v) is 2.77. The number of carbonyl (C=O) groups is 2. The summed E-state index contributed by atoms with van der Waals surface area (Å²) in [6.07, 6.45) is 5.99. The molecule has 0 spiro atoms. The molecule has 2 amide bonds. The molecule has 1 saturated heterocycles. The highest BCUT2D eigenvalue weighted by Crippen LogP contribution is 2.16. The highest BCUT2D eigenvalue weighted by atomic mass is 35.5. The molecule has 2 rings (SSSR count). The predicted molar refractivity (Wildman–Crippen MR) is 90.1 cm³/mol. The third kappa shape index (κ3) is 5.84. The quantitative estimate of drug-likeness (QED) is 0.810. The van der Waals surface area contributed by atoms with Crippen LogP contribution in [0.3, 0.4) is 0 Å². The third-order valence-corrected chi connectivity index (χ3v) is 4.07. The van der Waals surface area contributed by atoms with E-state index in [-0.39, 0.29) is 36.2 Å². The first-order chi connectivity index (χ1) is 10.5. The number of hydrogen-bond acceptors (Lipinski definition) is 4. The summed E-state index contributed by atoms with van der Waals surface area (Å²) >= 11 is 0. The maximum absolute atomic E-state index is 12.3. The van der Waals surface area contributed by atoms with E-state index >= 15 is 0 Å². The Kier molecular flexibility index (Phi) is 7.51. The lowest BCUT2D eigenvalue weighted by Gasteiger charge is -2.23. The van der Waals surface area contributed by atoms with Gasteiger partial charge in [0, 0.05) is 45.8 Å². The van der Waals surface area contributed by atoms with Crippen LogP contribution in [0.2, 0.25) is 0 Å². The van der Waals surface area contributed by atoms with Gasteiger partial charge in [-0.15, -0.1) is 12.4 Å². The number of aryl methyl sites for hydroxylation is 1. The molecule has 0 saturated carbocycles. The maximum atomic E-state index is 12.3. The van der Waals surface area contributed by atoms with Gasteiger partial charge in [-0.1, -0.05) is 0 Å². The van der Waals surface area contributed by atoms with Gasteiger partial charge in [0.1, 0.15) is 0 Å². The van der Waals surface area contributed by atoms with Crippen LogP contribution in [0.25, 0.3) is 0 Å². The van der Waals surface area contributed by atoms with Crippen LogP contribution in [0.1, 0.15) is 25.3 Å². The first-order valence-corrected chi connectivity index (χ1v) is 7.72. The topological polar surface area (TPSA) is 93.2 Å². The SMILES string of the molecule is CC(=O)N1C[C@@H](N)CC[C@@H](C(=O)NCCc2cnn(C)c2)C1.Cl. The van der Waals surface area contributed by atoms with Gasteiger partial charge in [-0.05, 0) is 24.8 Å². The Morgan fingerprint density at radius 1 is 1.39 bits per heavy atom. The molecule has 0 radical (unpaired) electrons. The van der Waals surface area contributed by atoms with Crippen LogP contribution in [-0.4, -0.2) is 52.2 Å². The van der Waals surface area contributed by atoms with Crippen molar-refractivity contribution < 1.29 is 9.59 Å². The molecular formula is C15H26ClN5O2. The second-order valence-electron chi connectivity index (χ2n) is 6.02. The second-order valence-corrected chi connectivity index (χ2v) is 6.02. The van der Waals surface area contributed by atoms with E-state index in [9.17, 15) is 9.59 Å². The van der Waals surface area contributed by atoms with E-state index in [1.807, 2.05) is 13.2 Å². The Labute approximate surface area is 143 Å². The van der Waals surface area contributed by atoms with Gasteiger partial charge in [0.2, 0.25) is 11.8 Å². The fourth-order valence-electron chi connectivity index (χ4n) is 2.77. The zero-order chi connectivity index (χ0) is 16.1. The average molecular weight is 344 g/mol. The zero-order valence-corrected chi connectivity index (χ0v) is 14.5. The Balaban J connectivity index is 0.00000264. The minimum Gasteiger partial charge on any atom is -0.355 e. The van der Waals surface area contributed by atoms with Crippen molar-refractivity contribution >= 4 is 24.2 Å². The lowest BCUT2D eigenvalue weighted by molar-refractivity contribution is -0.131. The number of hydrogen-bond donors (Lipinski definition) is 2. The molecule has 0 aromatic carbocycles. The molecular weight excluding hydrogens is 318 g/mol. The lowest BCUT2D eigenvalue weighted by atomic mass is 10.0. The first-order valence-electron chi connectivity index (χ1n) is 7.72. The Morgan fingerprint density at radius 2 is 2.13 bits per heavy atom. The standard InChI is InChI=1S/C15H25N5O2.ClH/c1-11(21)20-9-13(3-4-14(16)10-20)15(22)17-6-5-12-7-18-19(2)8-12;/h7-8,13-14H,3-6,9-10,16H2,1-2H3,(H,17,22);1H/t13-,14+;/m1./s1. The van der Waals surface area contributed by atoms with E-state index in [2.05, 4.69) is 10.4 Å². The van der Waals surface area contributed by atoms with Crippen molar-refractivity contribution in [3.8, 4) is 0 Å². The summed E-state index contributed by atoms with van der Waals surface area (Å²) in [5, 5.41) is 7.06. The zero-order valence-electron chi connectivity index (χ0n) is 13.7. The van der Waals surface area contributed by atoms with Crippen molar-refractivity contribution in [2.45, 2.75) is 32.2 Å². The molecule has 3 N–H and O–H groups in total. The number of halogens is 1. The summed E-state index contributed by atoms with van der Waals surface area (Å²) in [5.74, 6) is -0.193. The minimum atomic E-state index is -0.175. The number of amides is 2. The van der Waals surface area contributed by atoms with Crippen molar-refractivity contribution in [3.63, 3.8) is 0 Å². The van der Waals surface area contributed by atoms with Gasteiger partial charge in [0.15, 0.2) is 0 Å². The van der Waals surface area contributed by atoms with Crippen molar-refractivity contribution in [3.05, 3.63) is 18.0 Å². The summed E-state index contributed by atoms with van der Waals surface area (Å²) in [5.41, 5.74) is 7.06. The third-order valence-electron chi connectivity index (χ3n) is 4.07. The molecule has 0 bridgehead atoms. The van der Waals surface area contributed by atoms with Crippen LogP contribution in [0.5, 0.6) is 0 Å². The van der Waals surface area contributed by atoms with E-state index in [0.29, 0.717) is 19.6 Å². The molecule has 23 heavy (non-hydrogen) atoms. The number of rotatable bonds is 4. The van der Waals surface area contributed by atoms with Gasteiger partial charge in [-0.2, -0.15) is 5.10 Å². The van der Waals surface area contributed by atoms with Crippen molar-refractivity contribution in [1.82, 2.24) is 20.0 Å². The molecule has 1 fully saturated rings. The predicted octanol–water partition coefficient (Wildman–Crippen LogP) is 0.0864. The van der Waals surface area contributed by atoms with Crippen LogP contribution in [0.15, 0.2) is 12.4 Å². The van der Waals surface area contributed by atoms with E-state index in [1.165, 1.54) is 6.92 Å². The first kappa shape index (κ1) is 19.4. The molecule has 2 heterocycles. The van der Waals surface area contributed by atoms with Gasteiger partial charge in [-0.3, -0.25) is 14.3 Å². The van der Waals surface area contributed by atoms with Crippen LogP contribution >= 0.6 is 12.4 Å². The minimum absolute atomic E-state index is 0. The van der Waals surface area contributed by atoms with E-state index < -0.39 is 0 Å².